The predicted octanol–water partition coefficient (Wildman–Crippen LogP) is 17.2. The molecule has 1 aliphatic rings. The first-order valence-corrected chi connectivity index (χ1v) is 21.7. The van der Waals surface area contributed by atoms with Crippen molar-refractivity contribution in [3.8, 4) is 55.6 Å². The number of fused-ring (bicyclic) bond motifs is 13. The summed E-state index contributed by atoms with van der Waals surface area (Å²) < 4.78 is 6.14. The highest BCUT2D eigenvalue weighted by Gasteiger charge is 2.40. The third kappa shape index (κ3) is 4.97. The van der Waals surface area contributed by atoms with Gasteiger partial charge in [0.25, 0.3) is 0 Å². The molecule has 0 fully saturated rings. The van der Waals surface area contributed by atoms with Crippen LogP contribution in [-0.4, -0.2) is 0 Å². The van der Waals surface area contributed by atoms with Gasteiger partial charge in [-0.05, 0) is 134 Å². The number of hydrogen-bond donors (Lipinski definition) is 0. The van der Waals surface area contributed by atoms with Crippen LogP contribution in [0.5, 0.6) is 0 Å². The van der Waals surface area contributed by atoms with Gasteiger partial charge in [-0.15, -0.1) is 0 Å². The molecule has 0 N–H and O–H groups in total. The molecule has 290 valence electrons. The van der Waals surface area contributed by atoms with Crippen molar-refractivity contribution in [3.05, 3.63) is 217 Å². The van der Waals surface area contributed by atoms with E-state index >= 15 is 0 Å². The van der Waals surface area contributed by atoms with Crippen LogP contribution >= 0.6 is 0 Å². The van der Waals surface area contributed by atoms with Crippen molar-refractivity contribution < 1.29 is 4.42 Å². The molecule has 13 rings (SSSR count). The standard InChI is InChI=1S/C61H40O/c1-61(2)59-42(26-14-27-52(59)58-46-20-5-3-17-43(46)44-18-4-10-25-51(44)60(58)61)40-15-13-16-41(35-40)57-49-23-8-6-21-47(49)56(48-22-7-9-24-50(48)57)38-31-29-37(30-32-38)39-33-34-55-53(36-39)45-19-11-12-28-54(45)62-55/h3-36H,1-2H3. The van der Waals surface area contributed by atoms with E-state index in [1.165, 1.54) is 110 Å². The largest absolute Gasteiger partial charge is 0.456 e. The van der Waals surface area contributed by atoms with E-state index in [9.17, 15) is 0 Å². The minimum absolute atomic E-state index is 0.210. The van der Waals surface area contributed by atoms with Crippen molar-refractivity contribution in [1.82, 2.24) is 0 Å². The zero-order valence-electron chi connectivity index (χ0n) is 34.5. The first-order valence-electron chi connectivity index (χ1n) is 21.7. The third-order valence-corrected chi connectivity index (χ3v) is 13.8. The summed E-state index contributed by atoms with van der Waals surface area (Å²) in [4.78, 5) is 0. The van der Waals surface area contributed by atoms with Crippen LogP contribution < -0.4 is 0 Å². The fraction of sp³-hybridized carbons (Fsp3) is 0.0492. The third-order valence-electron chi connectivity index (χ3n) is 13.8. The molecule has 1 heterocycles. The second-order valence-electron chi connectivity index (χ2n) is 17.5. The fourth-order valence-corrected chi connectivity index (χ4v) is 11.2. The van der Waals surface area contributed by atoms with Crippen molar-refractivity contribution in [2.24, 2.45) is 0 Å². The smallest absolute Gasteiger partial charge is 0.135 e. The van der Waals surface area contributed by atoms with Gasteiger partial charge in [0.2, 0.25) is 0 Å². The fourth-order valence-electron chi connectivity index (χ4n) is 11.2. The van der Waals surface area contributed by atoms with Gasteiger partial charge in [-0.3, -0.25) is 0 Å². The first kappa shape index (κ1) is 35.1. The van der Waals surface area contributed by atoms with Gasteiger partial charge in [-0.1, -0.05) is 196 Å². The molecule has 0 atom stereocenters. The molecule has 0 amide bonds. The van der Waals surface area contributed by atoms with Crippen molar-refractivity contribution >= 4 is 65.0 Å². The molecule has 62 heavy (non-hydrogen) atoms. The lowest BCUT2D eigenvalue weighted by atomic mass is 9.76. The monoisotopic (exact) mass is 788 g/mol. The van der Waals surface area contributed by atoms with E-state index in [0.29, 0.717) is 0 Å². The molecule has 1 aliphatic carbocycles. The van der Waals surface area contributed by atoms with E-state index in [1.807, 2.05) is 12.1 Å². The Hall–Kier alpha value is -7.74. The molecule has 0 bridgehead atoms. The average Bonchev–Trinajstić information content (AvgIpc) is 3.82. The molecule has 0 spiro atoms. The number of benzene rings is 11. The predicted molar refractivity (Wildman–Crippen MR) is 263 cm³/mol. The molecule has 0 aliphatic heterocycles. The summed E-state index contributed by atoms with van der Waals surface area (Å²) >= 11 is 0. The average molecular weight is 789 g/mol. The van der Waals surface area contributed by atoms with Crippen molar-refractivity contribution in [2.75, 3.05) is 0 Å². The van der Waals surface area contributed by atoms with E-state index in [0.717, 1.165) is 21.9 Å². The maximum absolute atomic E-state index is 6.14. The molecule has 1 nitrogen and oxygen atoms in total. The summed E-state index contributed by atoms with van der Waals surface area (Å²) in [5.41, 5.74) is 17.0. The lowest BCUT2D eigenvalue weighted by molar-refractivity contribution is 0.668. The second kappa shape index (κ2) is 13.1. The minimum Gasteiger partial charge on any atom is -0.456 e. The van der Waals surface area contributed by atoms with E-state index in [1.54, 1.807) is 0 Å². The van der Waals surface area contributed by atoms with Gasteiger partial charge in [-0.2, -0.15) is 0 Å². The maximum atomic E-state index is 6.14. The number of hydrogen-bond acceptors (Lipinski definition) is 1. The summed E-state index contributed by atoms with van der Waals surface area (Å²) in [6, 6.07) is 76.1. The molecule has 1 heteroatoms. The molecule has 0 unspecified atom stereocenters. The Labute approximate surface area is 360 Å². The van der Waals surface area contributed by atoms with E-state index < -0.39 is 0 Å². The number of furan rings is 1. The van der Waals surface area contributed by atoms with Crippen LogP contribution in [0.3, 0.4) is 0 Å². The van der Waals surface area contributed by atoms with Crippen LogP contribution in [0.1, 0.15) is 25.0 Å². The Morgan fingerprint density at radius 1 is 0.274 bits per heavy atom. The van der Waals surface area contributed by atoms with Crippen LogP contribution in [0.2, 0.25) is 0 Å². The zero-order valence-corrected chi connectivity index (χ0v) is 34.5. The van der Waals surface area contributed by atoms with Crippen LogP contribution in [-0.2, 0) is 5.41 Å². The normalized spacial score (nSPS) is 13.1. The summed E-state index contributed by atoms with van der Waals surface area (Å²) in [5, 5.41) is 12.6. The Morgan fingerprint density at radius 3 is 1.42 bits per heavy atom. The summed E-state index contributed by atoms with van der Waals surface area (Å²) in [6.07, 6.45) is 0. The first-order chi connectivity index (χ1) is 30.5. The molecule has 0 saturated carbocycles. The van der Waals surface area contributed by atoms with Gasteiger partial charge in [0.1, 0.15) is 11.2 Å². The van der Waals surface area contributed by atoms with Crippen LogP contribution in [0.25, 0.3) is 121 Å². The van der Waals surface area contributed by atoms with Gasteiger partial charge >= 0.3 is 0 Å². The van der Waals surface area contributed by atoms with Crippen molar-refractivity contribution in [3.63, 3.8) is 0 Å². The Kier molecular flexibility index (Phi) is 7.42. The lowest BCUT2D eigenvalue weighted by Gasteiger charge is -2.26. The molecular formula is C61H40O. The molecule has 1 aromatic heterocycles. The maximum Gasteiger partial charge on any atom is 0.135 e. The highest BCUT2D eigenvalue weighted by Crippen LogP contribution is 2.57. The Balaban J connectivity index is 0.960. The highest BCUT2D eigenvalue weighted by molar-refractivity contribution is 6.22. The Morgan fingerprint density at radius 2 is 0.742 bits per heavy atom. The van der Waals surface area contributed by atoms with E-state index in [4.69, 9.17) is 4.42 Å². The number of para-hydroxylation sites is 1. The van der Waals surface area contributed by atoms with Crippen LogP contribution in [0.4, 0.5) is 0 Å². The van der Waals surface area contributed by atoms with Gasteiger partial charge in [-0.25, -0.2) is 0 Å². The zero-order chi connectivity index (χ0) is 41.1. The number of rotatable bonds is 4. The van der Waals surface area contributed by atoms with E-state index in [-0.39, 0.29) is 5.41 Å². The van der Waals surface area contributed by atoms with Crippen LogP contribution in [0, 0.1) is 0 Å². The Bertz CT molecular complexity index is 3770. The van der Waals surface area contributed by atoms with Crippen molar-refractivity contribution in [1.29, 1.82) is 0 Å². The molecule has 12 aromatic rings. The summed E-state index contributed by atoms with van der Waals surface area (Å²) in [7, 11) is 0. The topological polar surface area (TPSA) is 13.1 Å². The quantitative estimate of drug-likeness (QED) is 0.128. The second-order valence-corrected chi connectivity index (χ2v) is 17.5. The van der Waals surface area contributed by atoms with Gasteiger partial charge in [0.15, 0.2) is 0 Å². The molecule has 0 radical (unpaired) electrons. The molecular weight excluding hydrogens is 749 g/mol. The minimum atomic E-state index is -0.210. The summed E-state index contributed by atoms with van der Waals surface area (Å²) in [6.45, 7) is 4.86. The molecule has 11 aromatic carbocycles. The van der Waals surface area contributed by atoms with E-state index in [2.05, 4.69) is 208 Å². The molecule has 0 saturated heterocycles. The van der Waals surface area contributed by atoms with Gasteiger partial charge < -0.3 is 4.42 Å². The van der Waals surface area contributed by atoms with Gasteiger partial charge in [0.05, 0.1) is 0 Å². The van der Waals surface area contributed by atoms with Gasteiger partial charge in [0, 0.05) is 16.2 Å². The highest BCUT2D eigenvalue weighted by atomic mass is 16.3. The lowest BCUT2D eigenvalue weighted by Crippen LogP contribution is -2.17. The SMILES string of the molecule is CC1(C)c2c(-c3cccc(-c4c5ccccc5c(-c5ccc(-c6ccc7oc8ccccc8c7c6)cc5)c5ccccc45)c3)cccc2-c2c1c1ccccc1c1ccccc21. The van der Waals surface area contributed by atoms with Crippen molar-refractivity contribution in [2.45, 2.75) is 19.3 Å². The summed E-state index contributed by atoms with van der Waals surface area (Å²) in [5.74, 6) is 0. The van der Waals surface area contributed by atoms with Crippen LogP contribution in [0.15, 0.2) is 211 Å².